The van der Waals surface area contributed by atoms with Gasteiger partial charge in [0, 0.05) is 12.3 Å². The highest BCUT2D eigenvalue weighted by Crippen LogP contribution is 2.13. The van der Waals surface area contributed by atoms with Gasteiger partial charge >= 0.3 is 5.97 Å². The van der Waals surface area contributed by atoms with Crippen LogP contribution in [0.5, 0.6) is 5.75 Å². The van der Waals surface area contributed by atoms with E-state index in [9.17, 15) is 14.4 Å². The van der Waals surface area contributed by atoms with Crippen LogP contribution in [-0.4, -0.2) is 48.7 Å². The van der Waals surface area contributed by atoms with Crippen LogP contribution in [0.15, 0.2) is 24.3 Å². The van der Waals surface area contributed by atoms with Crippen molar-refractivity contribution >= 4 is 18.2 Å². The Morgan fingerprint density at radius 1 is 1.16 bits per heavy atom. The largest absolute Gasteiger partial charge is 0.494 e. The van der Waals surface area contributed by atoms with Crippen molar-refractivity contribution in [1.82, 2.24) is 10.8 Å². The number of hydroxylamine groups is 1. The molecule has 1 rings (SSSR count). The van der Waals surface area contributed by atoms with Crippen molar-refractivity contribution in [3.63, 3.8) is 0 Å². The van der Waals surface area contributed by atoms with Gasteiger partial charge in [-0.15, -0.1) is 0 Å². The third-order valence-electron chi connectivity index (χ3n) is 3.90. The maximum absolute atomic E-state index is 10.6. The van der Waals surface area contributed by atoms with Crippen LogP contribution in [0.4, 0.5) is 0 Å². The van der Waals surface area contributed by atoms with Gasteiger partial charge in [-0.3, -0.25) is 14.8 Å². The molecule has 8 nitrogen and oxygen atoms in total. The summed E-state index contributed by atoms with van der Waals surface area (Å²) in [5.74, 6) is -0.240. The predicted octanol–water partition coefficient (Wildman–Crippen LogP) is 3.60. The van der Waals surface area contributed by atoms with Crippen LogP contribution in [0.1, 0.15) is 58.4 Å². The molecule has 0 saturated carbocycles. The summed E-state index contributed by atoms with van der Waals surface area (Å²) < 4.78 is 5.56. The number of carboxylic acid groups (broad SMARTS) is 1. The number of benzene rings is 1. The average Bonchev–Trinajstić information content (AvgIpc) is 2.72. The molecule has 0 aliphatic rings. The van der Waals surface area contributed by atoms with Crippen LogP contribution >= 0.6 is 0 Å². The number of carboxylic acids is 1. The number of hydrogen-bond acceptors (Lipinski definition) is 6. The van der Waals surface area contributed by atoms with Crippen LogP contribution in [0.25, 0.3) is 0 Å². The van der Waals surface area contributed by atoms with Crippen molar-refractivity contribution < 1.29 is 29.4 Å². The minimum atomic E-state index is -0.822. The Morgan fingerprint density at radius 2 is 1.77 bits per heavy atom. The number of aliphatic carboxylic acids is 1. The quantitative estimate of drug-likeness (QED) is 0.169. The van der Waals surface area contributed by atoms with Gasteiger partial charge in [-0.05, 0) is 44.9 Å². The number of unbranched alkanes of at least 4 members (excludes halogenated alkanes) is 2. The average molecular weight is 441 g/mol. The lowest BCUT2D eigenvalue weighted by Gasteiger charge is -2.10. The fourth-order valence-corrected chi connectivity index (χ4v) is 2.40. The molecule has 0 aromatic heterocycles. The second kappa shape index (κ2) is 20.8. The molecule has 0 fully saturated rings. The van der Waals surface area contributed by atoms with E-state index >= 15 is 0 Å². The SMILES string of the molecule is CC(C)CC(C=O)CC(=O)NO.CCCCCOc1ccc(C)cc1.CNCC(=O)O. The highest BCUT2D eigenvalue weighted by atomic mass is 16.5. The Labute approximate surface area is 186 Å². The first-order valence-corrected chi connectivity index (χ1v) is 10.6. The van der Waals surface area contributed by atoms with Crippen molar-refractivity contribution in [3.05, 3.63) is 29.8 Å². The van der Waals surface area contributed by atoms with Crippen molar-refractivity contribution in [2.24, 2.45) is 11.8 Å². The summed E-state index contributed by atoms with van der Waals surface area (Å²) in [6.45, 7) is 9.13. The number of aldehydes is 1. The van der Waals surface area contributed by atoms with Gasteiger partial charge in [0.2, 0.25) is 5.91 Å². The third-order valence-corrected chi connectivity index (χ3v) is 3.90. The zero-order valence-corrected chi connectivity index (χ0v) is 19.5. The van der Waals surface area contributed by atoms with Crippen LogP contribution < -0.4 is 15.5 Å². The van der Waals surface area contributed by atoms with Crippen LogP contribution in [0.3, 0.4) is 0 Å². The van der Waals surface area contributed by atoms with Gasteiger partial charge in [-0.25, -0.2) is 5.48 Å². The molecule has 0 bridgehead atoms. The number of carbonyl (C=O) groups is 3. The maximum Gasteiger partial charge on any atom is 0.317 e. The summed E-state index contributed by atoms with van der Waals surface area (Å²) in [5, 5.41) is 18.5. The van der Waals surface area contributed by atoms with Gasteiger partial charge in [0.1, 0.15) is 12.0 Å². The highest BCUT2D eigenvalue weighted by Gasteiger charge is 2.13. The first-order valence-electron chi connectivity index (χ1n) is 10.6. The fraction of sp³-hybridized carbons (Fsp3) is 0.609. The van der Waals surface area contributed by atoms with Crippen LogP contribution in [-0.2, 0) is 14.4 Å². The molecule has 1 amide bonds. The molecule has 1 atom stereocenters. The van der Waals surface area contributed by atoms with Crippen molar-refractivity contribution in [2.75, 3.05) is 20.2 Å². The molecule has 0 aliphatic heterocycles. The Bertz CT molecular complexity index is 590. The van der Waals surface area contributed by atoms with Gasteiger partial charge in [0.15, 0.2) is 0 Å². The van der Waals surface area contributed by atoms with E-state index in [1.165, 1.54) is 23.9 Å². The van der Waals surface area contributed by atoms with E-state index in [2.05, 4.69) is 31.3 Å². The summed E-state index contributed by atoms with van der Waals surface area (Å²) in [7, 11) is 1.59. The molecule has 31 heavy (non-hydrogen) atoms. The molecule has 0 aliphatic carbocycles. The second-order valence-electron chi connectivity index (χ2n) is 7.56. The van der Waals surface area contributed by atoms with E-state index in [4.69, 9.17) is 15.1 Å². The number of nitrogens with one attached hydrogen (secondary N) is 2. The van der Waals surface area contributed by atoms with Crippen LogP contribution in [0.2, 0.25) is 0 Å². The fourth-order valence-electron chi connectivity index (χ4n) is 2.40. The number of rotatable bonds is 12. The lowest BCUT2D eigenvalue weighted by Crippen LogP contribution is -2.23. The number of hydrogen-bond donors (Lipinski definition) is 4. The van der Waals surface area contributed by atoms with Crippen molar-refractivity contribution in [1.29, 1.82) is 0 Å². The summed E-state index contributed by atoms with van der Waals surface area (Å²) >= 11 is 0. The van der Waals surface area contributed by atoms with Crippen molar-refractivity contribution in [2.45, 2.75) is 59.8 Å². The van der Waals surface area contributed by atoms with Gasteiger partial charge in [0.05, 0.1) is 13.2 Å². The maximum atomic E-state index is 10.6. The molecule has 0 saturated heterocycles. The molecular formula is C23H40N2O6. The minimum absolute atomic E-state index is 0.0417. The summed E-state index contributed by atoms with van der Waals surface area (Å²) in [5.41, 5.74) is 2.78. The smallest absolute Gasteiger partial charge is 0.317 e. The molecule has 0 spiro atoms. The van der Waals surface area contributed by atoms with Gasteiger partial charge < -0.3 is 20.0 Å². The van der Waals surface area contributed by atoms with Gasteiger partial charge in [-0.2, -0.15) is 0 Å². The van der Waals surface area contributed by atoms with Gasteiger partial charge in [-0.1, -0.05) is 51.3 Å². The van der Waals surface area contributed by atoms with E-state index in [1.807, 2.05) is 26.0 Å². The Kier molecular flexibility index (Phi) is 20.6. The number of carbonyl (C=O) groups excluding carboxylic acids is 2. The lowest BCUT2D eigenvalue weighted by molar-refractivity contribution is -0.135. The lowest BCUT2D eigenvalue weighted by atomic mass is 9.95. The molecular weight excluding hydrogens is 400 g/mol. The highest BCUT2D eigenvalue weighted by molar-refractivity contribution is 5.77. The minimum Gasteiger partial charge on any atom is -0.494 e. The molecule has 1 unspecified atom stereocenters. The van der Waals surface area contributed by atoms with E-state index in [0.717, 1.165) is 25.1 Å². The van der Waals surface area contributed by atoms with Crippen LogP contribution in [0, 0.1) is 18.8 Å². The molecule has 178 valence electrons. The van der Waals surface area contributed by atoms with Crippen molar-refractivity contribution in [3.8, 4) is 5.75 Å². The molecule has 0 radical (unpaired) electrons. The van der Waals surface area contributed by atoms with E-state index in [-0.39, 0.29) is 18.9 Å². The zero-order valence-electron chi connectivity index (χ0n) is 19.5. The Morgan fingerprint density at radius 3 is 2.16 bits per heavy atom. The zero-order chi connectivity index (χ0) is 24.1. The molecule has 8 heteroatoms. The molecule has 1 aromatic rings. The normalized spacial score (nSPS) is 10.7. The number of amides is 1. The predicted molar refractivity (Wildman–Crippen MR) is 121 cm³/mol. The number of aryl methyl sites for hydroxylation is 1. The number of likely N-dealkylation sites (N-methyl/N-ethyl adjacent to an activating group) is 1. The summed E-state index contributed by atoms with van der Waals surface area (Å²) in [6.07, 6.45) is 5.16. The van der Waals surface area contributed by atoms with E-state index in [0.29, 0.717) is 12.3 Å². The van der Waals surface area contributed by atoms with Gasteiger partial charge in [0.25, 0.3) is 0 Å². The second-order valence-corrected chi connectivity index (χ2v) is 7.56. The standard InChI is InChI=1S/C12H18O.C8H15NO3.C3H7NO2/c1-3-4-5-10-13-12-8-6-11(2)7-9-12;1-6(2)3-7(5-10)4-8(11)9-12;1-4-2-3(5)6/h6-9H,3-5,10H2,1-2H3;5-7,12H,3-4H2,1-2H3,(H,9,11);4H,2H2,1H3,(H,5,6). The van der Waals surface area contributed by atoms with E-state index < -0.39 is 11.9 Å². The summed E-state index contributed by atoms with van der Waals surface area (Å²) in [6, 6.07) is 8.22. The monoisotopic (exact) mass is 440 g/mol. The first-order chi connectivity index (χ1) is 14.7. The van der Waals surface area contributed by atoms with E-state index in [1.54, 1.807) is 7.05 Å². The first kappa shape index (κ1) is 30.7. The summed E-state index contributed by atoms with van der Waals surface area (Å²) in [4.78, 5) is 30.6. The topological polar surface area (TPSA) is 125 Å². The third kappa shape index (κ3) is 22.1. The Balaban J connectivity index is 0. The molecule has 4 N–H and O–H groups in total. The number of ether oxygens (including phenoxy) is 1. The molecule has 0 heterocycles. The Hall–Kier alpha value is -2.45. The molecule has 1 aromatic carbocycles.